The second-order valence-corrected chi connectivity index (χ2v) is 11.0. The number of sulfonamides is 1. The minimum atomic E-state index is -3.65. The Hall–Kier alpha value is -2.43. The number of carbonyl (C=O) groups is 2. The Morgan fingerprint density at radius 3 is 2.36 bits per heavy atom. The second-order valence-electron chi connectivity index (χ2n) is 8.16. The zero-order chi connectivity index (χ0) is 24.0. The van der Waals surface area contributed by atoms with Crippen LogP contribution in [0.15, 0.2) is 46.7 Å². The molecule has 0 bridgehead atoms. The molecule has 2 amide bonds. The zero-order valence-corrected chi connectivity index (χ0v) is 20.7. The van der Waals surface area contributed by atoms with Crippen molar-refractivity contribution in [2.24, 2.45) is 5.92 Å². The van der Waals surface area contributed by atoms with E-state index in [-0.39, 0.29) is 41.8 Å². The van der Waals surface area contributed by atoms with Crippen molar-refractivity contribution >= 4 is 33.2 Å². The van der Waals surface area contributed by atoms with E-state index in [4.69, 9.17) is 4.74 Å². The summed E-state index contributed by atoms with van der Waals surface area (Å²) in [4.78, 5) is 26.4. The largest absolute Gasteiger partial charge is 0.497 e. The third kappa shape index (κ3) is 6.13. The summed E-state index contributed by atoms with van der Waals surface area (Å²) < 4.78 is 32.6. The first-order chi connectivity index (χ1) is 15.8. The molecular formula is C23H31N3O5S2. The van der Waals surface area contributed by atoms with Crippen molar-refractivity contribution in [2.45, 2.75) is 50.1 Å². The predicted octanol–water partition coefficient (Wildman–Crippen LogP) is 2.87. The van der Waals surface area contributed by atoms with Gasteiger partial charge in [-0.25, -0.2) is 8.42 Å². The maximum Gasteiger partial charge on any atom is 0.262 e. The van der Waals surface area contributed by atoms with Gasteiger partial charge in [-0.05, 0) is 67.8 Å². The summed E-state index contributed by atoms with van der Waals surface area (Å²) in [6, 6.07) is 9.07. The normalized spacial score (nSPS) is 17.2. The standard InChI is InChI=1S/C23H31N3O5S2/c1-4-16(2)24-23(28)21(25-22(27)20-6-5-15-32-20)17-11-13-26(14-12-17)33(29,30)19-9-7-18(31-3)8-10-19/h5-10,15-17,21H,4,11-14H2,1-3H3,(H,24,28)(H,25,27)/t16-,21-/m1/s1. The number of benzene rings is 1. The Labute approximate surface area is 199 Å². The number of nitrogens with zero attached hydrogens (tertiary/aromatic N) is 1. The van der Waals surface area contributed by atoms with E-state index < -0.39 is 16.1 Å². The first-order valence-electron chi connectivity index (χ1n) is 11.0. The van der Waals surface area contributed by atoms with Crippen molar-refractivity contribution < 1.29 is 22.7 Å². The molecule has 2 heterocycles. The van der Waals surface area contributed by atoms with Gasteiger partial charge in [0.1, 0.15) is 11.8 Å². The SMILES string of the molecule is CC[C@@H](C)NC(=O)[C@H](NC(=O)c1cccs1)C1CCN(S(=O)(=O)c2ccc(OC)cc2)CC1. The number of hydrogen-bond acceptors (Lipinski definition) is 6. The van der Waals surface area contributed by atoms with Gasteiger partial charge in [-0.1, -0.05) is 13.0 Å². The maximum atomic E-state index is 13.1. The van der Waals surface area contributed by atoms with Gasteiger partial charge in [0.2, 0.25) is 15.9 Å². The topological polar surface area (TPSA) is 105 Å². The summed E-state index contributed by atoms with van der Waals surface area (Å²) in [7, 11) is -2.12. The highest BCUT2D eigenvalue weighted by molar-refractivity contribution is 7.89. The number of rotatable bonds is 9. The Bertz CT molecular complexity index is 1030. The van der Waals surface area contributed by atoms with E-state index in [1.54, 1.807) is 24.3 Å². The van der Waals surface area contributed by atoms with E-state index >= 15 is 0 Å². The molecular weight excluding hydrogens is 462 g/mol. The molecule has 10 heteroatoms. The van der Waals surface area contributed by atoms with Crippen LogP contribution in [0.4, 0.5) is 0 Å². The van der Waals surface area contributed by atoms with Crippen molar-refractivity contribution in [1.29, 1.82) is 0 Å². The van der Waals surface area contributed by atoms with Crippen LogP contribution in [0, 0.1) is 5.92 Å². The molecule has 1 aromatic heterocycles. The van der Waals surface area contributed by atoms with E-state index in [2.05, 4.69) is 10.6 Å². The van der Waals surface area contributed by atoms with Crippen LogP contribution in [-0.4, -0.2) is 56.8 Å². The number of methoxy groups -OCH3 is 1. The zero-order valence-electron chi connectivity index (χ0n) is 19.1. The predicted molar refractivity (Wildman–Crippen MR) is 128 cm³/mol. The van der Waals surface area contributed by atoms with Gasteiger partial charge in [0.15, 0.2) is 0 Å². The lowest BCUT2D eigenvalue weighted by atomic mass is 9.89. The minimum absolute atomic E-state index is 0.0193. The van der Waals surface area contributed by atoms with Crippen LogP contribution in [0.1, 0.15) is 42.8 Å². The molecule has 33 heavy (non-hydrogen) atoms. The molecule has 1 saturated heterocycles. The molecule has 180 valence electrons. The lowest BCUT2D eigenvalue weighted by Gasteiger charge is -2.35. The van der Waals surface area contributed by atoms with Crippen LogP contribution in [0.5, 0.6) is 5.75 Å². The lowest BCUT2D eigenvalue weighted by molar-refractivity contribution is -0.125. The van der Waals surface area contributed by atoms with E-state index in [0.29, 0.717) is 23.5 Å². The van der Waals surface area contributed by atoms with Gasteiger partial charge in [-0.3, -0.25) is 9.59 Å². The first kappa shape index (κ1) is 25.2. The van der Waals surface area contributed by atoms with Crippen molar-refractivity contribution in [1.82, 2.24) is 14.9 Å². The van der Waals surface area contributed by atoms with E-state index in [1.807, 2.05) is 19.2 Å². The van der Waals surface area contributed by atoms with Crippen LogP contribution < -0.4 is 15.4 Å². The minimum Gasteiger partial charge on any atom is -0.497 e. The third-order valence-corrected chi connectivity index (χ3v) is 8.76. The monoisotopic (exact) mass is 493 g/mol. The third-order valence-electron chi connectivity index (χ3n) is 5.98. The van der Waals surface area contributed by atoms with Crippen LogP contribution in [0.2, 0.25) is 0 Å². The fourth-order valence-electron chi connectivity index (χ4n) is 3.80. The molecule has 0 radical (unpaired) electrons. The second kappa shape index (κ2) is 11.1. The average Bonchev–Trinajstić information content (AvgIpc) is 3.37. The summed E-state index contributed by atoms with van der Waals surface area (Å²) in [5.74, 6) is -0.0992. The lowest BCUT2D eigenvalue weighted by Crippen LogP contribution is -2.55. The molecule has 0 spiro atoms. The molecule has 2 N–H and O–H groups in total. The Morgan fingerprint density at radius 2 is 1.82 bits per heavy atom. The van der Waals surface area contributed by atoms with Gasteiger partial charge in [-0.15, -0.1) is 11.3 Å². The molecule has 1 aliphatic rings. The molecule has 2 aromatic rings. The molecule has 0 saturated carbocycles. The molecule has 0 aliphatic carbocycles. The van der Waals surface area contributed by atoms with Crippen LogP contribution >= 0.6 is 11.3 Å². The summed E-state index contributed by atoms with van der Waals surface area (Å²) in [5.41, 5.74) is 0. The Morgan fingerprint density at radius 1 is 1.15 bits per heavy atom. The molecule has 3 rings (SSSR count). The number of ether oxygens (including phenoxy) is 1. The molecule has 1 aliphatic heterocycles. The number of piperidine rings is 1. The molecule has 8 nitrogen and oxygen atoms in total. The van der Waals surface area contributed by atoms with Crippen LogP contribution in [-0.2, 0) is 14.8 Å². The highest BCUT2D eigenvalue weighted by atomic mass is 32.2. The van der Waals surface area contributed by atoms with Crippen LogP contribution in [0.3, 0.4) is 0 Å². The highest BCUT2D eigenvalue weighted by Crippen LogP contribution is 2.27. The summed E-state index contributed by atoms with van der Waals surface area (Å²) >= 11 is 1.31. The average molecular weight is 494 g/mol. The molecule has 1 fully saturated rings. The van der Waals surface area contributed by atoms with E-state index in [1.165, 1.54) is 34.9 Å². The van der Waals surface area contributed by atoms with Gasteiger partial charge in [-0.2, -0.15) is 4.31 Å². The number of amides is 2. The van der Waals surface area contributed by atoms with Crippen molar-refractivity contribution in [2.75, 3.05) is 20.2 Å². The Kier molecular flexibility index (Phi) is 8.50. The van der Waals surface area contributed by atoms with Crippen molar-refractivity contribution in [3.05, 3.63) is 46.7 Å². The first-order valence-corrected chi connectivity index (χ1v) is 13.4. The molecule has 1 aromatic carbocycles. The van der Waals surface area contributed by atoms with Crippen molar-refractivity contribution in [3.63, 3.8) is 0 Å². The van der Waals surface area contributed by atoms with Gasteiger partial charge < -0.3 is 15.4 Å². The van der Waals surface area contributed by atoms with Gasteiger partial charge >= 0.3 is 0 Å². The van der Waals surface area contributed by atoms with Gasteiger partial charge in [0, 0.05) is 19.1 Å². The number of carbonyl (C=O) groups excluding carboxylic acids is 2. The maximum absolute atomic E-state index is 13.1. The van der Waals surface area contributed by atoms with Gasteiger partial charge in [0.05, 0.1) is 16.9 Å². The van der Waals surface area contributed by atoms with E-state index in [9.17, 15) is 18.0 Å². The summed E-state index contributed by atoms with van der Waals surface area (Å²) in [5, 5.41) is 7.67. The number of nitrogens with one attached hydrogen (secondary N) is 2. The van der Waals surface area contributed by atoms with Gasteiger partial charge in [0.25, 0.3) is 5.91 Å². The van der Waals surface area contributed by atoms with Crippen molar-refractivity contribution in [3.8, 4) is 5.75 Å². The Balaban J connectivity index is 1.71. The molecule has 2 atom stereocenters. The fourth-order valence-corrected chi connectivity index (χ4v) is 5.90. The fraction of sp³-hybridized carbons (Fsp3) is 0.478. The quantitative estimate of drug-likeness (QED) is 0.559. The number of hydrogen-bond donors (Lipinski definition) is 2. The smallest absolute Gasteiger partial charge is 0.262 e. The highest BCUT2D eigenvalue weighted by Gasteiger charge is 2.36. The number of thiophene rings is 1. The van der Waals surface area contributed by atoms with E-state index in [0.717, 1.165) is 6.42 Å². The summed E-state index contributed by atoms with van der Waals surface area (Å²) in [6.45, 7) is 4.45. The van der Waals surface area contributed by atoms with Crippen LogP contribution in [0.25, 0.3) is 0 Å². The molecule has 0 unspecified atom stereocenters. The summed E-state index contributed by atoms with van der Waals surface area (Å²) in [6.07, 6.45) is 1.72.